The highest BCUT2D eigenvalue weighted by Gasteiger charge is 2.73. The quantitative estimate of drug-likeness (QED) is 0.510. The summed E-state index contributed by atoms with van der Waals surface area (Å²) in [6, 6.07) is 0. The van der Waals surface area contributed by atoms with Crippen LogP contribution >= 0.6 is 15.9 Å². The molecule has 2 heteroatoms. The van der Waals surface area contributed by atoms with Gasteiger partial charge in [0.05, 0.1) is 0 Å². The van der Waals surface area contributed by atoms with Gasteiger partial charge in [0.2, 0.25) is 0 Å². The van der Waals surface area contributed by atoms with E-state index in [4.69, 9.17) is 0 Å². The second kappa shape index (κ2) is 2.58. The maximum atomic E-state index is 11.4. The van der Waals surface area contributed by atoms with Crippen LogP contribution in [0.1, 0.15) is 32.1 Å². The summed E-state index contributed by atoms with van der Waals surface area (Å²) in [6.45, 7) is 0. The molecule has 0 radical (unpaired) electrons. The standard InChI is InChI=1S/C9H13BrO/c10-4-2-1-3-8(11)9-5-7(9)6-9/h7H,1-6H2. The summed E-state index contributed by atoms with van der Waals surface area (Å²) < 4.78 is 0. The fourth-order valence-corrected chi connectivity index (χ4v) is 2.18. The van der Waals surface area contributed by atoms with Crippen molar-refractivity contribution in [2.75, 3.05) is 5.33 Å². The third-order valence-corrected chi connectivity index (χ3v) is 3.59. The van der Waals surface area contributed by atoms with Crippen molar-refractivity contribution in [3.05, 3.63) is 0 Å². The summed E-state index contributed by atoms with van der Waals surface area (Å²) in [5, 5.41) is 1.04. The van der Waals surface area contributed by atoms with E-state index in [1.807, 2.05) is 0 Å². The number of hydrogen-bond donors (Lipinski definition) is 0. The zero-order valence-electron chi connectivity index (χ0n) is 6.61. The Bertz CT molecular complexity index is 182. The van der Waals surface area contributed by atoms with E-state index >= 15 is 0 Å². The molecule has 0 aromatic carbocycles. The zero-order chi connectivity index (χ0) is 7.90. The van der Waals surface area contributed by atoms with Crippen LogP contribution in [0.4, 0.5) is 0 Å². The van der Waals surface area contributed by atoms with Crippen molar-refractivity contribution >= 4 is 21.7 Å². The van der Waals surface area contributed by atoms with E-state index in [-0.39, 0.29) is 5.41 Å². The average molecular weight is 217 g/mol. The lowest BCUT2D eigenvalue weighted by molar-refractivity contribution is -0.122. The van der Waals surface area contributed by atoms with Crippen LogP contribution in [-0.4, -0.2) is 11.1 Å². The first kappa shape index (κ1) is 7.78. The Balaban J connectivity index is 1.67. The SMILES string of the molecule is O=C(CCCCBr)C12CC1C2. The number of fused-ring (bicyclic) bond motifs is 1. The van der Waals surface area contributed by atoms with E-state index in [1.165, 1.54) is 12.8 Å². The van der Waals surface area contributed by atoms with Gasteiger partial charge in [0.1, 0.15) is 5.78 Å². The van der Waals surface area contributed by atoms with Gasteiger partial charge in [-0.05, 0) is 31.6 Å². The Kier molecular flexibility index (Phi) is 1.82. The molecule has 2 aliphatic rings. The van der Waals surface area contributed by atoms with Crippen LogP contribution in [0.3, 0.4) is 0 Å². The molecular formula is C9H13BrO. The minimum atomic E-state index is 0.270. The van der Waals surface area contributed by atoms with E-state index in [9.17, 15) is 4.79 Å². The highest BCUT2D eigenvalue weighted by Crippen LogP contribution is 2.76. The molecule has 62 valence electrons. The van der Waals surface area contributed by atoms with Gasteiger partial charge in [0, 0.05) is 17.2 Å². The summed E-state index contributed by atoms with van der Waals surface area (Å²) in [7, 11) is 0. The van der Waals surface area contributed by atoms with Gasteiger partial charge in [-0.1, -0.05) is 15.9 Å². The van der Waals surface area contributed by atoms with E-state index in [0.717, 1.165) is 30.5 Å². The number of carbonyl (C=O) groups is 1. The summed E-state index contributed by atoms with van der Waals surface area (Å²) in [5.41, 5.74) is 0.270. The molecule has 0 unspecified atom stereocenters. The average Bonchev–Trinajstić information content (AvgIpc) is 2.72. The number of carbonyl (C=O) groups excluding carboxylic acids is 1. The van der Waals surface area contributed by atoms with Crippen LogP contribution in [0, 0.1) is 11.3 Å². The van der Waals surface area contributed by atoms with E-state index in [0.29, 0.717) is 5.78 Å². The third kappa shape index (κ3) is 1.26. The fraction of sp³-hybridized carbons (Fsp3) is 0.889. The number of rotatable bonds is 5. The third-order valence-electron chi connectivity index (χ3n) is 3.03. The first-order valence-electron chi connectivity index (χ1n) is 4.39. The summed E-state index contributed by atoms with van der Waals surface area (Å²) >= 11 is 3.36. The van der Waals surface area contributed by atoms with Gasteiger partial charge in [-0.2, -0.15) is 0 Å². The van der Waals surface area contributed by atoms with E-state index in [1.54, 1.807) is 0 Å². The number of hydrogen-bond acceptors (Lipinski definition) is 1. The molecule has 0 aliphatic heterocycles. The molecule has 0 spiro atoms. The summed E-state index contributed by atoms with van der Waals surface area (Å²) in [4.78, 5) is 11.4. The minimum absolute atomic E-state index is 0.270. The highest BCUT2D eigenvalue weighted by atomic mass is 79.9. The van der Waals surface area contributed by atoms with Gasteiger partial charge < -0.3 is 0 Å². The molecule has 0 aromatic rings. The molecule has 0 saturated heterocycles. The molecule has 0 N–H and O–H groups in total. The van der Waals surface area contributed by atoms with Crippen LogP contribution in [0.15, 0.2) is 0 Å². The molecule has 2 rings (SSSR count). The second-order valence-electron chi connectivity index (χ2n) is 3.83. The smallest absolute Gasteiger partial charge is 0.139 e. The largest absolute Gasteiger partial charge is 0.299 e. The molecular weight excluding hydrogens is 204 g/mol. The first-order chi connectivity index (χ1) is 5.29. The Morgan fingerprint density at radius 3 is 2.55 bits per heavy atom. The van der Waals surface area contributed by atoms with Crippen LogP contribution in [0.2, 0.25) is 0 Å². The van der Waals surface area contributed by atoms with Crippen molar-refractivity contribution in [2.45, 2.75) is 32.1 Å². The topological polar surface area (TPSA) is 17.1 Å². The Hall–Kier alpha value is 0.150. The number of Topliss-reactive ketones (excluding diaryl/α,β-unsaturated/α-hetero) is 1. The maximum Gasteiger partial charge on any atom is 0.139 e. The lowest BCUT2D eigenvalue weighted by Crippen LogP contribution is -2.06. The predicted octanol–water partition coefficient (Wildman–Crippen LogP) is 2.53. The molecule has 0 atom stereocenters. The molecule has 0 aromatic heterocycles. The highest BCUT2D eigenvalue weighted by molar-refractivity contribution is 9.09. The first-order valence-corrected chi connectivity index (χ1v) is 5.51. The number of unbranched alkanes of at least 4 members (excludes halogenated alkanes) is 1. The van der Waals surface area contributed by atoms with Gasteiger partial charge >= 0.3 is 0 Å². The van der Waals surface area contributed by atoms with Crippen LogP contribution < -0.4 is 0 Å². The van der Waals surface area contributed by atoms with Gasteiger partial charge in [0.15, 0.2) is 0 Å². The normalized spacial score (nSPS) is 38.1. The van der Waals surface area contributed by atoms with Crippen molar-refractivity contribution in [1.82, 2.24) is 0 Å². The molecule has 0 amide bonds. The van der Waals surface area contributed by atoms with E-state index in [2.05, 4.69) is 15.9 Å². The van der Waals surface area contributed by atoms with Crippen LogP contribution in [-0.2, 0) is 4.79 Å². The van der Waals surface area contributed by atoms with Crippen molar-refractivity contribution in [3.8, 4) is 0 Å². The molecule has 1 nitrogen and oxygen atoms in total. The van der Waals surface area contributed by atoms with Gasteiger partial charge in [-0.3, -0.25) is 4.79 Å². The van der Waals surface area contributed by atoms with Crippen LogP contribution in [0.25, 0.3) is 0 Å². The van der Waals surface area contributed by atoms with Crippen molar-refractivity contribution < 1.29 is 4.79 Å². The van der Waals surface area contributed by atoms with Crippen molar-refractivity contribution in [1.29, 1.82) is 0 Å². The lowest BCUT2D eigenvalue weighted by atomic mass is 10.0. The number of alkyl halides is 1. The van der Waals surface area contributed by atoms with Gasteiger partial charge in [-0.15, -0.1) is 0 Å². The summed E-state index contributed by atoms with van der Waals surface area (Å²) in [5.74, 6) is 1.39. The predicted molar refractivity (Wildman–Crippen MR) is 47.8 cm³/mol. The number of halogens is 1. The minimum Gasteiger partial charge on any atom is -0.299 e. The van der Waals surface area contributed by atoms with Gasteiger partial charge in [0.25, 0.3) is 0 Å². The second-order valence-corrected chi connectivity index (χ2v) is 4.62. The van der Waals surface area contributed by atoms with Crippen molar-refractivity contribution in [3.63, 3.8) is 0 Å². The number of ketones is 1. The van der Waals surface area contributed by atoms with E-state index < -0.39 is 0 Å². The monoisotopic (exact) mass is 216 g/mol. The Labute approximate surface area is 75.7 Å². The molecule has 2 aliphatic carbocycles. The van der Waals surface area contributed by atoms with Crippen LogP contribution in [0.5, 0.6) is 0 Å². The Morgan fingerprint density at radius 1 is 1.45 bits per heavy atom. The lowest BCUT2D eigenvalue weighted by Gasteiger charge is -2.00. The van der Waals surface area contributed by atoms with Crippen molar-refractivity contribution in [2.24, 2.45) is 11.3 Å². The Morgan fingerprint density at radius 2 is 2.09 bits per heavy atom. The fourth-order valence-electron chi connectivity index (χ4n) is 1.79. The molecule has 2 fully saturated rings. The molecule has 0 bridgehead atoms. The maximum absolute atomic E-state index is 11.4. The summed E-state index contributed by atoms with van der Waals surface area (Å²) in [6.07, 6.45) is 5.51. The molecule has 11 heavy (non-hydrogen) atoms. The zero-order valence-corrected chi connectivity index (χ0v) is 8.19. The van der Waals surface area contributed by atoms with Gasteiger partial charge in [-0.25, -0.2) is 0 Å². The molecule has 0 heterocycles. The molecule has 2 saturated carbocycles.